The fourth-order valence-corrected chi connectivity index (χ4v) is 0.388. The predicted octanol–water partition coefficient (Wildman–Crippen LogP) is 0.451. The zero-order valence-corrected chi connectivity index (χ0v) is 4.11. The Morgan fingerprint density at radius 2 is 2.62 bits per heavy atom. The van der Waals surface area contributed by atoms with E-state index in [0.717, 1.165) is 0 Å². The Morgan fingerprint density at radius 1 is 1.75 bits per heavy atom. The fraction of sp³-hybridized carbons (Fsp3) is 0.200. The standard InChI is InChI=1S/C5H4N2O/c6-4-5-2-1-3-7-8-5/h1-3,5H. The van der Waals surface area contributed by atoms with Gasteiger partial charge in [-0.3, -0.25) is 0 Å². The first-order valence-corrected chi connectivity index (χ1v) is 2.19. The summed E-state index contributed by atoms with van der Waals surface area (Å²) in [6.07, 6.45) is 4.32. The molecule has 0 bridgehead atoms. The van der Waals surface area contributed by atoms with Crippen molar-refractivity contribution >= 4 is 6.21 Å². The van der Waals surface area contributed by atoms with Gasteiger partial charge in [0.2, 0.25) is 6.10 Å². The van der Waals surface area contributed by atoms with Crippen molar-refractivity contribution in [2.75, 3.05) is 0 Å². The van der Waals surface area contributed by atoms with Gasteiger partial charge in [-0.15, -0.1) is 0 Å². The summed E-state index contributed by atoms with van der Waals surface area (Å²) in [7, 11) is 0. The van der Waals surface area contributed by atoms with E-state index in [4.69, 9.17) is 5.26 Å². The molecule has 0 spiro atoms. The molecule has 1 aliphatic heterocycles. The summed E-state index contributed by atoms with van der Waals surface area (Å²) in [5, 5.41) is 11.6. The SMILES string of the molecule is N#CC1C=CC=NO1. The molecule has 0 aromatic carbocycles. The highest BCUT2D eigenvalue weighted by molar-refractivity contribution is 5.71. The third-order valence-corrected chi connectivity index (χ3v) is 0.734. The van der Waals surface area contributed by atoms with Crippen LogP contribution in [0.4, 0.5) is 0 Å². The van der Waals surface area contributed by atoms with Crippen LogP contribution in [0.1, 0.15) is 0 Å². The molecule has 0 amide bonds. The molecule has 40 valence electrons. The first kappa shape index (κ1) is 4.85. The smallest absolute Gasteiger partial charge is 0.231 e. The Hall–Kier alpha value is -1.30. The Bertz CT molecular complexity index is 166. The molecule has 0 saturated heterocycles. The molecule has 3 nitrogen and oxygen atoms in total. The quantitative estimate of drug-likeness (QED) is 0.452. The van der Waals surface area contributed by atoms with Crippen molar-refractivity contribution in [3.63, 3.8) is 0 Å². The molecule has 3 heteroatoms. The number of hydrogen-bond donors (Lipinski definition) is 0. The largest absolute Gasteiger partial charge is 0.373 e. The third kappa shape index (κ3) is 0.850. The minimum Gasteiger partial charge on any atom is -0.373 e. The van der Waals surface area contributed by atoms with Crippen LogP contribution >= 0.6 is 0 Å². The molecule has 0 N–H and O–H groups in total. The molecule has 0 aliphatic carbocycles. The third-order valence-electron chi connectivity index (χ3n) is 0.734. The molecule has 0 fully saturated rings. The normalized spacial score (nSPS) is 24.1. The van der Waals surface area contributed by atoms with Crippen LogP contribution in [0.5, 0.6) is 0 Å². The van der Waals surface area contributed by atoms with Crippen LogP contribution in [0, 0.1) is 11.3 Å². The minimum absolute atomic E-state index is 0.486. The van der Waals surface area contributed by atoms with Crippen molar-refractivity contribution < 1.29 is 4.84 Å². The van der Waals surface area contributed by atoms with Gasteiger partial charge in [-0.05, 0) is 12.2 Å². The fourth-order valence-electron chi connectivity index (χ4n) is 0.388. The van der Waals surface area contributed by atoms with Gasteiger partial charge in [0.05, 0.1) is 6.21 Å². The molecule has 1 aliphatic rings. The first-order valence-electron chi connectivity index (χ1n) is 2.19. The van der Waals surface area contributed by atoms with Gasteiger partial charge in [-0.1, -0.05) is 5.16 Å². The number of allylic oxidation sites excluding steroid dienone is 1. The summed E-state index contributed by atoms with van der Waals surface area (Å²) in [6.45, 7) is 0. The lowest BCUT2D eigenvalue weighted by Crippen LogP contribution is -2.04. The maximum Gasteiger partial charge on any atom is 0.231 e. The van der Waals surface area contributed by atoms with E-state index in [1.165, 1.54) is 6.21 Å². The summed E-state index contributed by atoms with van der Waals surface area (Å²) < 4.78 is 0. The molecule has 1 heterocycles. The van der Waals surface area contributed by atoms with Gasteiger partial charge in [0, 0.05) is 0 Å². The molecule has 1 atom stereocenters. The van der Waals surface area contributed by atoms with E-state index < -0.39 is 6.10 Å². The highest BCUT2D eigenvalue weighted by Crippen LogP contribution is 1.95. The van der Waals surface area contributed by atoms with E-state index in [2.05, 4.69) is 9.99 Å². The molecule has 8 heavy (non-hydrogen) atoms. The first-order chi connectivity index (χ1) is 3.93. The Kier molecular flexibility index (Phi) is 1.29. The monoisotopic (exact) mass is 108 g/mol. The number of rotatable bonds is 0. The zero-order chi connectivity index (χ0) is 5.82. The molecule has 0 aromatic rings. The molecule has 1 unspecified atom stereocenters. The predicted molar refractivity (Wildman–Crippen MR) is 28.1 cm³/mol. The highest BCUT2D eigenvalue weighted by Gasteiger charge is 2.01. The average molecular weight is 108 g/mol. The van der Waals surface area contributed by atoms with Crippen LogP contribution in [0.25, 0.3) is 0 Å². The van der Waals surface area contributed by atoms with Gasteiger partial charge in [0.1, 0.15) is 6.07 Å². The Balaban J connectivity index is 2.55. The van der Waals surface area contributed by atoms with Gasteiger partial charge < -0.3 is 4.84 Å². The second kappa shape index (κ2) is 2.12. The summed E-state index contributed by atoms with van der Waals surface area (Å²) in [5.74, 6) is 0. The molecule has 1 rings (SSSR count). The Morgan fingerprint density at radius 3 is 3.00 bits per heavy atom. The summed E-state index contributed by atoms with van der Waals surface area (Å²) in [6, 6.07) is 1.88. The van der Waals surface area contributed by atoms with Crippen molar-refractivity contribution in [1.82, 2.24) is 0 Å². The zero-order valence-electron chi connectivity index (χ0n) is 4.11. The van der Waals surface area contributed by atoms with Crippen LogP contribution in [0.3, 0.4) is 0 Å². The van der Waals surface area contributed by atoms with Gasteiger partial charge in [0.25, 0.3) is 0 Å². The van der Waals surface area contributed by atoms with Crippen molar-refractivity contribution in [2.24, 2.45) is 5.16 Å². The van der Waals surface area contributed by atoms with Crippen molar-refractivity contribution in [1.29, 1.82) is 5.26 Å². The van der Waals surface area contributed by atoms with Crippen LogP contribution < -0.4 is 0 Å². The average Bonchev–Trinajstić information content (AvgIpc) is 1.90. The lowest BCUT2D eigenvalue weighted by molar-refractivity contribution is 0.128. The molecular weight excluding hydrogens is 104 g/mol. The second-order valence-corrected chi connectivity index (χ2v) is 1.29. The number of hydrogen-bond acceptors (Lipinski definition) is 3. The Labute approximate surface area is 46.9 Å². The molecule has 0 radical (unpaired) electrons. The van der Waals surface area contributed by atoms with E-state index in [0.29, 0.717) is 0 Å². The van der Waals surface area contributed by atoms with Gasteiger partial charge in [-0.25, -0.2) is 0 Å². The van der Waals surface area contributed by atoms with Crippen LogP contribution in [-0.2, 0) is 4.84 Å². The topological polar surface area (TPSA) is 45.4 Å². The van der Waals surface area contributed by atoms with Crippen molar-refractivity contribution in [3.8, 4) is 6.07 Å². The molecule has 0 saturated carbocycles. The van der Waals surface area contributed by atoms with Crippen LogP contribution in [-0.4, -0.2) is 12.3 Å². The van der Waals surface area contributed by atoms with Crippen LogP contribution in [0.15, 0.2) is 17.3 Å². The van der Waals surface area contributed by atoms with E-state index in [1.807, 2.05) is 6.07 Å². The van der Waals surface area contributed by atoms with Crippen LogP contribution in [0.2, 0.25) is 0 Å². The van der Waals surface area contributed by atoms with Crippen molar-refractivity contribution in [2.45, 2.75) is 6.10 Å². The lowest BCUT2D eigenvalue weighted by atomic mass is 10.3. The number of nitrogens with zero attached hydrogens (tertiary/aromatic N) is 2. The van der Waals surface area contributed by atoms with Gasteiger partial charge in [-0.2, -0.15) is 5.26 Å². The molecule has 0 aromatic heterocycles. The summed E-state index contributed by atoms with van der Waals surface area (Å²) in [4.78, 5) is 4.55. The number of nitriles is 1. The van der Waals surface area contributed by atoms with Gasteiger partial charge >= 0.3 is 0 Å². The maximum atomic E-state index is 8.19. The van der Waals surface area contributed by atoms with E-state index >= 15 is 0 Å². The van der Waals surface area contributed by atoms with E-state index in [9.17, 15) is 0 Å². The second-order valence-electron chi connectivity index (χ2n) is 1.29. The number of oxime groups is 1. The lowest BCUT2D eigenvalue weighted by Gasteiger charge is -2.01. The summed E-state index contributed by atoms with van der Waals surface area (Å²) in [5.41, 5.74) is 0. The maximum absolute atomic E-state index is 8.19. The summed E-state index contributed by atoms with van der Waals surface area (Å²) >= 11 is 0. The minimum atomic E-state index is -0.486. The molecular formula is C5H4N2O. The van der Waals surface area contributed by atoms with E-state index in [-0.39, 0.29) is 0 Å². The van der Waals surface area contributed by atoms with Crippen molar-refractivity contribution in [3.05, 3.63) is 12.2 Å². The highest BCUT2D eigenvalue weighted by atomic mass is 16.6. The van der Waals surface area contributed by atoms with E-state index in [1.54, 1.807) is 12.2 Å². The van der Waals surface area contributed by atoms with Gasteiger partial charge in [0.15, 0.2) is 0 Å².